The summed E-state index contributed by atoms with van der Waals surface area (Å²) in [5.41, 5.74) is 2.65. The van der Waals surface area contributed by atoms with Gasteiger partial charge in [0.15, 0.2) is 0 Å². The van der Waals surface area contributed by atoms with Crippen molar-refractivity contribution in [3.8, 4) is 0 Å². The van der Waals surface area contributed by atoms with Crippen LogP contribution in [0.4, 0.5) is 5.69 Å². The van der Waals surface area contributed by atoms with Crippen LogP contribution < -0.4 is 4.90 Å². The van der Waals surface area contributed by atoms with Crippen LogP contribution >= 0.6 is 0 Å². The van der Waals surface area contributed by atoms with Crippen molar-refractivity contribution in [3.05, 3.63) is 48.3 Å². The van der Waals surface area contributed by atoms with Gasteiger partial charge >= 0.3 is 0 Å². The zero-order chi connectivity index (χ0) is 15.4. The molecule has 0 aliphatic heterocycles. The van der Waals surface area contributed by atoms with Gasteiger partial charge in [0.25, 0.3) is 0 Å². The van der Waals surface area contributed by atoms with Gasteiger partial charge < -0.3 is 4.90 Å². The standard InChI is InChI=1S/C19H27N3/c1-3-21-15-18(13-20-21)22(14-17-10-5-4-6-11-17)19-12-8-7-9-16(19)2/h4-6,10-11,13,15-16,19H,3,7-9,12,14H2,1-2H3. The number of anilines is 1. The van der Waals surface area contributed by atoms with E-state index in [2.05, 4.69) is 60.4 Å². The minimum atomic E-state index is 0.628. The summed E-state index contributed by atoms with van der Waals surface area (Å²) in [6, 6.07) is 11.4. The average Bonchev–Trinajstić information content (AvgIpc) is 3.03. The molecule has 1 aliphatic carbocycles. The van der Waals surface area contributed by atoms with Gasteiger partial charge in [-0.05, 0) is 31.2 Å². The third-order valence-electron chi connectivity index (χ3n) is 4.94. The Kier molecular flexibility index (Phi) is 4.81. The molecule has 1 heterocycles. The summed E-state index contributed by atoms with van der Waals surface area (Å²) < 4.78 is 2.03. The molecule has 0 bridgehead atoms. The topological polar surface area (TPSA) is 21.1 Å². The number of rotatable bonds is 5. The van der Waals surface area contributed by atoms with E-state index < -0.39 is 0 Å². The predicted octanol–water partition coefficient (Wildman–Crippen LogP) is 4.49. The normalized spacial score (nSPS) is 21.7. The highest BCUT2D eigenvalue weighted by Crippen LogP contribution is 2.32. The fourth-order valence-electron chi connectivity index (χ4n) is 3.61. The largest absolute Gasteiger partial charge is 0.361 e. The Labute approximate surface area is 133 Å². The van der Waals surface area contributed by atoms with E-state index in [-0.39, 0.29) is 0 Å². The molecule has 2 unspecified atom stereocenters. The number of nitrogens with zero attached hydrogens (tertiary/aromatic N) is 3. The molecule has 2 atom stereocenters. The summed E-state index contributed by atoms with van der Waals surface area (Å²) in [5, 5.41) is 4.49. The molecule has 1 aromatic heterocycles. The lowest BCUT2D eigenvalue weighted by molar-refractivity contribution is 0.312. The molecule has 3 rings (SSSR count). The first kappa shape index (κ1) is 15.1. The van der Waals surface area contributed by atoms with Crippen LogP contribution in [0.25, 0.3) is 0 Å². The Hall–Kier alpha value is -1.77. The summed E-state index contributed by atoms with van der Waals surface area (Å²) in [6.45, 7) is 6.46. The van der Waals surface area contributed by atoms with Crippen molar-refractivity contribution in [2.45, 2.75) is 58.7 Å². The molecule has 3 nitrogen and oxygen atoms in total. The lowest BCUT2D eigenvalue weighted by atomic mass is 9.84. The van der Waals surface area contributed by atoms with Gasteiger partial charge in [-0.25, -0.2) is 0 Å². The van der Waals surface area contributed by atoms with Gasteiger partial charge in [-0.15, -0.1) is 0 Å². The first-order chi connectivity index (χ1) is 10.8. The van der Waals surface area contributed by atoms with Crippen molar-refractivity contribution in [2.24, 2.45) is 5.92 Å². The van der Waals surface area contributed by atoms with Gasteiger partial charge in [-0.2, -0.15) is 5.10 Å². The SMILES string of the molecule is CCn1cc(N(Cc2ccccc2)C2CCCCC2C)cn1. The van der Waals surface area contributed by atoms with E-state index in [0.29, 0.717) is 6.04 Å². The smallest absolute Gasteiger partial charge is 0.0758 e. The van der Waals surface area contributed by atoms with Crippen molar-refractivity contribution in [3.63, 3.8) is 0 Å². The van der Waals surface area contributed by atoms with Crippen LogP contribution in [0.3, 0.4) is 0 Å². The summed E-state index contributed by atoms with van der Waals surface area (Å²) in [5.74, 6) is 0.752. The quantitative estimate of drug-likeness (QED) is 0.811. The van der Waals surface area contributed by atoms with Gasteiger partial charge in [0.1, 0.15) is 0 Å². The maximum absolute atomic E-state index is 4.49. The lowest BCUT2D eigenvalue weighted by Gasteiger charge is -2.39. The molecule has 1 fully saturated rings. The predicted molar refractivity (Wildman–Crippen MR) is 91.9 cm³/mol. The van der Waals surface area contributed by atoms with E-state index in [0.717, 1.165) is 19.0 Å². The molecule has 1 aliphatic rings. The van der Waals surface area contributed by atoms with Crippen molar-refractivity contribution >= 4 is 5.69 Å². The van der Waals surface area contributed by atoms with Crippen LogP contribution in [0.2, 0.25) is 0 Å². The molecule has 1 aromatic carbocycles. The molecular formula is C19H27N3. The molecule has 1 saturated carbocycles. The summed E-state index contributed by atoms with van der Waals surface area (Å²) in [6.07, 6.45) is 9.61. The summed E-state index contributed by atoms with van der Waals surface area (Å²) in [7, 11) is 0. The molecule has 0 saturated heterocycles. The monoisotopic (exact) mass is 297 g/mol. The molecule has 2 aromatic rings. The Bertz CT molecular complexity index is 575. The molecule has 0 amide bonds. The Morgan fingerprint density at radius 2 is 1.95 bits per heavy atom. The molecule has 118 valence electrons. The van der Waals surface area contributed by atoms with E-state index in [4.69, 9.17) is 0 Å². The lowest BCUT2D eigenvalue weighted by Crippen LogP contribution is -2.41. The average molecular weight is 297 g/mol. The first-order valence-electron chi connectivity index (χ1n) is 8.61. The maximum Gasteiger partial charge on any atom is 0.0758 e. The summed E-state index contributed by atoms with van der Waals surface area (Å²) in [4.78, 5) is 2.58. The maximum atomic E-state index is 4.49. The van der Waals surface area contributed by atoms with Gasteiger partial charge in [-0.3, -0.25) is 4.68 Å². The van der Waals surface area contributed by atoms with E-state index in [1.807, 2.05) is 10.9 Å². The molecule has 0 spiro atoms. The van der Waals surface area contributed by atoms with E-state index in [9.17, 15) is 0 Å². The van der Waals surface area contributed by atoms with Crippen molar-refractivity contribution < 1.29 is 0 Å². The molecule has 0 N–H and O–H groups in total. The van der Waals surface area contributed by atoms with Crippen LogP contribution in [0.5, 0.6) is 0 Å². The number of aryl methyl sites for hydroxylation is 1. The van der Waals surface area contributed by atoms with Gasteiger partial charge in [0.05, 0.1) is 11.9 Å². The van der Waals surface area contributed by atoms with Crippen LogP contribution in [0.1, 0.15) is 45.1 Å². The third-order valence-corrected chi connectivity index (χ3v) is 4.94. The fraction of sp³-hybridized carbons (Fsp3) is 0.526. The molecule has 22 heavy (non-hydrogen) atoms. The zero-order valence-electron chi connectivity index (χ0n) is 13.8. The van der Waals surface area contributed by atoms with Gasteiger partial charge in [-0.1, -0.05) is 50.1 Å². The molecular weight excluding hydrogens is 270 g/mol. The van der Waals surface area contributed by atoms with Crippen molar-refractivity contribution in [2.75, 3.05) is 4.90 Å². The molecule has 3 heteroatoms. The highest BCUT2D eigenvalue weighted by molar-refractivity contribution is 5.45. The Morgan fingerprint density at radius 3 is 2.64 bits per heavy atom. The van der Waals surface area contributed by atoms with E-state index in [1.165, 1.54) is 36.9 Å². The number of benzene rings is 1. The highest BCUT2D eigenvalue weighted by Gasteiger charge is 2.28. The van der Waals surface area contributed by atoms with Crippen LogP contribution in [0.15, 0.2) is 42.7 Å². The van der Waals surface area contributed by atoms with Crippen molar-refractivity contribution in [1.29, 1.82) is 0 Å². The first-order valence-corrected chi connectivity index (χ1v) is 8.61. The van der Waals surface area contributed by atoms with Crippen LogP contribution in [-0.4, -0.2) is 15.8 Å². The van der Waals surface area contributed by atoms with Crippen molar-refractivity contribution in [1.82, 2.24) is 9.78 Å². The van der Waals surface area contributed by atoms with E-state index >= 15 is 0 Å². The van der Waals surface area contributed by atoms with Gasteiger partial charge in [0, 0.05) is 25.3 Å². The minimum absolute atomic E-state index is 0.628. The second-order valence-corrected chi connectivity index (χ2v) is 6.50. The highest BCUT2D eigenvalue weighted by atomic mass is 15.3. The number of aromatic nitrogens is 2. The molecule has 0 radical (unpaired) electrons. The summed E-state index contributed by atoms with van der Waals surface area (Å²) >= 11 is 0. The van der Waals surface area contributed by atoms with Crippen LogP contribution in [0, 0.1) is 5.92 Å². The number of hydrogen-bond acceptors (Lipinski definition) is 2. The third kappa shape index (κ3) is 3.34. The second-order valence-electron chi connectivity index (χ2n) is 6.50. The number of hydrogen-bond donors (Lipinski definition) is 0. The second kappa shape index (κ2) is 6.99. The van der Waals surface area contributed by atoms with E-state index in [1.54, 1.807) is 0 Å². The fourth-order valence-corrected chi connectivity index (χ4v) is 3.61. The Morgan fingerprint density at radius 1 is 1.18 bits per heavy atom. The van der Waals surface area contributed by atoms with Gasteiger partial charge in [0.2, 0.25) is 0 Å². The zero-order valence-corrected chi connectivity index (χ0v) is 13.8. The minimum Gasteiger partial charge on any atom is -0.361 e. The van der Waals surface area contributed by atoms with Crippen LogP contribution in [-0.2, 0) is 13.1 Å². The Balaban J connectivity index is 1.87.